The molecule has 0 amide bonds. The molecule has 10 nitrogen and oxygen atoms in total. The Balaban J connectivity index is 0.000000261. The highest BCUT2D eigenvalue weighted by Crippen LogP contribution is 2.37. The average molecular weight is 549 g/mol. The monoisotopic (exact) mass is 548 g/mol. The van der Waals surface area contributed by atoms with Gasteiger partial charge < -0.3 is 14.5 Å². The minimum absolute atomic E-state index is 0.0741. The number of pyridine rings is 2. The van der Waals surface area contributed by atoms with E-state index in [-0.39, 0.29) is 16.5 Å². The van der Waals surface area contributed by atoms with Crippen molar-refractivity contribution in [1.29, 1.82) is 0 Å². The molecule has 0 radical (unpaired) electrons. The number of aromatic nitrogens is 4. The fourth-order valence-corrected chi connectivity index (χ4v) is 5.43. The SMILES string of the molecule is COc1ncc(C)c(-c2nn([C@H]3CCOC3)c3c2c(=O)[nH]c2ccccc23)c1C.O=S(=O)(O)c1ccccc1. The zero-order valence-electron chi connectivity index (χ0n) is 21.7. The topological polar surface area (TPSA) is 136 Å². The molecule has 11 heteroatoms. The lowest BCUT2D eigenvalue weighted by Gasteiger charge is -2.12. The number of hydrogen-bond donors (Lipinski definition) is 2. The number of hydrogen-bond acceptors (Lipinski definition) is 7. The Hall–Kier alpha value is -4.06. The third kappa shape index (κ3) is 5.03. The molecule has 202 valence electrons. The van der Waals surface area contributed by atoms with E-state index in [1.54, 1.807) is 31.5 Å². The Kier molecular flexibility index (Phi) is 7.21. The van der Waals surface area contributed by atoms with Crippen molar-refractivity contribution in [3.63, 3.8) is 0 Å². The second-order valence-corrected chi connectivity index (χ2v) is 10.7. The molecule has 1 saturated heterocycles. The quantitative estimate of drug-likeness (QED) is 0.314. The van der Waals surface area contributed by atoms with E-state index in [4.69, 9.17) is 19.1 Å². The lowest BCUT2D eigenvalue weighted by molar-refractivity contribution is 0.185. The van der Waals surface area contributed by atoms with E-state index >= 15 is 0 Å². The summed E-state index contributed by atoms with van der Waals surface area (Å²) < 4.78 is 42.3. The first-order valence-corrected chi connectivity index (χ1v) is 13.8. The number of methoxy groups -OCH3 is 1. The van der Waals surface area contributed by atoms with Crippen LogP contribution in [0.4, 0.5) is 0 Å². The first-order valence-electron chi connectivity index (χ1n) is 12.3. The van der Waals surface area contributed by atoms with Crippen LogP contribution in [0.3, 0.4) is 0 Å². The Labute approximate surface area is 225 Å². The van der Waals surface area contributed by atoms with E-state index in [1.807, 2.05) is 42.8 Å². The number of rotatable bonds is 4. The summed E-state index contributed by atoms with van der Waals surface area (Å²) in [4.78, 5) is 20.5. The van der Waals surface area contributed by atoms with Crippen LogP contribution in [0.1, 0.15) is 23.6 Å². The molecular weight excluding hydrogens is 520 g/mol. The van der Waals surface area contributed by atoms with Gasteiger partial charge in [-0.3, -0.25) is 14.0 Å². The number of fused-ring (bicyclic) bond motifs is 3. The lowest BCUT2D eigenvalue weighted by Crippen LogP contribution is -2.12. The Morgan fingerprint density at radius 1 is 1.10 bits per heavy atom. The number of nitrogens with zero attached hydrogens (tertiary/aromatic N) is 3. The lowest BCUT2D eigenvalue weighted by atomic mass is 9.99. The molecule has 3 aromatic heterocycles. The average Bonchev–Trinajstić information content (AvgIpc) is 3.59. The largest absolute Gasteiger partial charge is 0.481 e. The van der Waals surface area contributed by atoms with Crippen molar-refractivity contribution >= 4 is 31.9 Å². The van der Waals surface area contributed by atoms with Crippen LogP contribution in [0.2, 0.25) is 0 Å². The van der Waals surface area contributed by atoms with E-state index in [9.17, 15) is 13.2 Å². The summed E-state index contributed by atoms with van der Waals surface area (Å²) in [6, 6.07) is 15.4. The van der Waals surface area contributed by atoms with Gasteiger partial charge in [-0.05, 0) is 44.0 Å². The molecule has 1 aliphatic rings. The maximum absolute atomic E-state index is 13.2. The fourth-order valence-electron chi connectivity index (χ4n) is 4.93. The summed E-state index contributed by atoms with van der Waals surface area (Å²) in [5.41, 5.74) is 4.88. The van der Waals surface area contributed by atoms with Crippen molar-refractivity contribution in [1.82, 2.24) is 19.7 Å². The van der Waals surface area contributed by atoms with Crippen LogP contribution in [0.15, 0.2) is 70.5 Å². The predicted octanol–water partition coefficient (Wildman–Crippen LogP) is 4.46. The van der Waals surface area contributed by atoms with Gasteiger partial charge in [0.2, 0.25) is 5.88 Å². The molecule has 39 heavy (non-hydrogen) atoms. The van der Waals surface area contributed by atoms with E-state index in [2.05, 4.69) is 9.97 Å². The molecule has 1 aliphatic heterocycles. The van der Waals surface area contributed by atoms with Gasteiger partial charge in [0.15, 0.2) is 0 Å². The van der Waals surface area contributed by atoms with Crippen LogP contribution in [0.25, 0.3) is 33.1 Å². The number of aromatic amines is 1. The smallest absolute Gasteiger partial charge is 0.294 e. The van der Waals surface area contributed by atoms with Crippen molar-refractivity contribution in [2.45, 2.75) is 31.2 Å². The summed E-state index contributed by atoms with van der Waals surface area (Å²) in [5, 5.41) is 6.55. The zero-order valence-corrected chi connectivity index (χ0v) is 22.5. The standard InChI is InChI=1S/C22H22N4O3.C6H6O3S/c1-12-10-23-22(28-3)13(2)17(12)19-18-20(26(25-19)14-8-9-29-11-14)15-6-4-5-7-16(15)24-21(18)27;7-10(8,9)6-4-2-1-3-5-6/h4-7,10,14H,8-9,11H2,1-3H3,(H,24,27);1-5H,(H,7,8,9)/t14-;/m0./s1. The van der Waals surface area contributed by atoms with Crippen molar-refractivity contribution in [3.8, 4) is 17.1 Å². The summed E-state index contributed by atoms with van der Waals surface area (Å²) >= 11 is 0. The third-order valence-corrected chi connectivity index (χ3v) is 7.62. The van der Waals surface area contributed by atoms with Crippen LogP contribution in [-0.2, 0) is 14.9 Å². The molecule has 0 spiro atoms. The zero-order chi connectivity index (χ0) is 27.7. The van der Waals surface area contributed by atoms with Crippen molar-refractivity contribution in [2.24, 2.45) is 0 Å². The Morgan fingerprint density at radius 3 is 2.46 bits per heavy atom. The van der Waals surface area contributed by atoms with Gasteiger partial charge in [-0.15, -0.1) is 0 Å². The summed E-state index contributed by atoms with van der Waals surface area (Å²) in [6.45, 7) is 5.22. The molecule has 0 bridgehead atoms. The number of ether oxygens (including phenoxy) is 2. The molecule has 5 aromatic rings. The predicted molar refractivity (Wildman–Crippen MR) is 148 cm³/mol. The van der Waals surface area contributed by atoms with Gasteiger partial charge in [-0.2, -0.15) is 13.5 Å². The molecule has 4 heterocycles. The number of aryl methyl sites for hydroxylation is 1. The molecule has 1 fully saturated rings. The summed E-state index contributed by atoms with van der Waals surface area (Å²) in [6.07, 6.45) is 2.63. The van der Waals surface area contributed by atoms with Crippen molar-refractivity contribution in [2.75, 3.05) is 20.3 Å². The number of H-pyrrole nitrogens is 1. The van der Waals surface area contributed by atoms with Gasteiger partial charge >= 0.3 is 0 Å². The number of benzene rings is 2. The third-order valence-electron chi connectivity index (χ3n) is 6.76. The molecule has 2 aromatic carbocycles. The van der Waals surface area contributed by atoms with Gasteiger partial charge in [0.1, 0.15) is 5.69 Å². The first-order chi connectivity index (χ1) is 18.7. The highest BCUT2D eigenvalue weighted by atomic mass is 32.2. The van der Waals surface area contributed by atoms with Gasteiger partial charge in [0.25, 0.3) is 15.7 Å². The molecule has 2 N–H and O–H groups in total. The number of para-hydroxylation sites is 1. The molecule has 0 unspecified atom stereocenters. The summed E-state index contributed by atoms with van der Waals surface area (Å²) in [7, 11) is -2.40. The maximum Gasteiger partial charge on any atom is 0.294 e. The van der Waals surface area contributed by atoms with Crippen LogP contribution in [0, 0.1) is 13.8 Å². The van der Waals surface area contributed by atoms with Gasteiger partial charge in [0, 0.05) is 29.3 Å². The van der Waals surface area contributed by atoms with Crippen LogP contribution >= 0.6 is 0 Å². The highest BCUT2D eigenvalue weighted by molar-refractivity contribution is 7.85. The second kappa shape index (κ2) is 10.6. The first kappa shape index (κ1) is 26.5. The van der Waals surface area contributed by atoms with E-state index in [1.165, 1.54) is 12.1 Å². The van der Waals surface area contributed by atoms with Crippen molar-refractivity contribution < 1.29 is 22.4 Å². The number of nitrogens with one attached hydrogen (secondary N) is 1. The van der Waals surface area contributed by atoms with E-state index in [0.29, 0.717) is 30.2 Å². The molecule has 1 atom stereocenters. The van der Waals surface area contributed by atoms with Crippen LogP contribution in [0.5, 0.6) is 5.88 Å². The van der Waals surface area contributed by atoms with Gasteiger partial charge in [-0.1, -0.05) is 36.4 Å². The van der Waals surface area contributed by atoms with Gasteiger partial charge in [0.05, 0.1) is 41.1 Å². The molecule has 0 saturated carbocycles. The fraction of sp³-hybridized carbons (Fsp3) is 0.250. The Morgan fingerprint density at radius 2 is 1.82 bits per heavy atom. The minimum Gasteiger partial charge on any atom is -0.481 e. The molecule has 0 aliphatic carbocycles. The Bertz CT molecular complexity index is 1820. The van der Waals surface area contributed by atoms with E-state index in [0.717, 1.165) is 39.5 Å². The van der Waals surface area contributed by atoms with E-state index < -0.39 is 10.1 Å². The summed E-state index contributed by atoms with van der Waals surface area (Å²) in [5.74, 6) is 0.537. The van der Waals surface area contributed by atoms with Gasteiger partial charge in [-0.25, -0.2) is 4.98 Å². The second-order valence-electron chi connectivity index (χ2n) is 9.27. The molecule has 6 rings (SSSR count). The molecular formula is C28H28N4O6S. The normalized spacial score (nSPS) is 15.3. The highest BCUT2D eigenvalue weighted by Gasteiger charge is 2.27. The van der Waals surface area contributed by atoms with Crippen molar-refractivity contribution in [3.05, 3.63) is 82.3 Å². The van der Waals surface area contributed by atoms with Crippen LogP contribution in [-0.4, -0.2) is 53.0 Å². The maximum atomic E-state index is 13.2. The van der Waals surface area contributed by atoms with Crippen LogP contribution < -0.4 is 10.3 Å². The minimum atomic E-state index is -4.00.